The molecular formula is C22H22N2O2S2. The van der Waals surface area contributed by atoms with Crippen LogP contribution in [0.4, 0.5) is 0 Å². The molecule has 0 saturated heterocycles. The van der Waals surface area contributed by atoms with Crippen LogP contribution in [0.5, 0.6) is 5.75 Å². The topological polar surface area (TPSA) is 52.1 Å². The Kier molecular flexibility index (Phi) is 4.85. The smallest absolute Gasteiger partial charge is 0.173 e. The summed E-state index contributed by atoms with van der Waals surface area (Å²) in [5.41, 5.74) is 2.15. The number of Topliss-reactive ketones (excluding diaryl/α,β-unsaturated/α-hetero) is 1. The van der Waals surface area contributed by atoms with E-state index in [0.29, 0.717) is 17.2 Å². The molecule has 3 aromatic rings. The summed E-state index contributed by atoms with van der Waals surface area (Å²) in [7, 11) is 1.63. The van der Waals surface area contributed by atoms with Gasteiger partial charge in [-0.1, -0.05) is 11.8 Å². The fourth-order valence-electron chi connectivity index (χ4n) is 3.76. The lowest BCUT2D eigenvalue weighted by molar-refractivity contribution is 0.102. The zero-order chi connectivity index (χ0) is 19.1. The van der Waals surface area contributed by atoms with Crippen LogP contribution in [0.1, 0.15) is 58.2 Å². The lowest BCUT2D eigenvalue weighted by atomic mass is 9.97. The van der Waals surface area contributed by atoms with E-state index in [9.17, 15) is 4.79 Å². The molecule has 1 saturated carbocycles. The summed E-state index contributed by atoms with van der Waals surface area (Å²) in [6, 6.07) is 7.33. The number of ether oxygens (including phenoxy) is 1. The lowest BCUT2D eigenvalue weighted by Gasteiger charge is -2.12. The van der Waals surface area contributed by atoms with Gasteiger partial charge in [0.25, 0.3) is 0 Å². The minimum atomic E-state index is 0.122. The minimum Gasteiger partial charge on any atom is -0.497 e. The molecule has 0 bridgehead atoms. The molecule has 2 aliphatic carbocycles. The summed E-state index contributed by atoms with van der Waals surface area (Å²) < 4.78 is 5.18. The molecule has 0 spiro atoms. The second-order valence-electron chi connectivity index (χ2n) is 7.49. The molecule has 0 atom stereocenters. The quantitative estimate of drug-likeness (QED) is 0.308. The van der Waals surface area contributed by atoms with Gasteiger partial charge in [-0.3, -0.25) is 4.79 Å². The Bertz CT molecular complexity index is 1040. The van der Waals surface area contributed by atoms with Gasteiger partial charge < -0.3 is 4.74 Å². The third-order valence-corrected chi connectivity index (χ3v) is 7.65. The molecule has 28 heavy (non-hydrogen) atoms. The van der Waals surface area contributed by atoms with Gasteiger partial charge in [0, 0.05) is 21.7 Å². The Labute approximate surface area is 172 Å². The molecule has 4 nitrogen and oxygen atoms in total. The van der Waals surface area contributed by atoms with E-state index in [4.69, 9.17) is 14.7 Å². The van der Waals surface area contributed by atoms with Gasteiger partial charge in [-0.2, -0.15) is 0 Å². The van der Waals surface area contributed by atoms with Gasteiger partial charge in [0.1, 0.15) is 21.4 Å². The fraction of sp³-hybridized carbons (Fsp3) is 0.409. The minimum absolute atomic E-state index is 0.122. The zero-order valence-electron chi connectivity index (χ0n) is 15.9. The van der Waals surface area contributed by atoms with Crippen molar-refractivity contribution in [3.63, 3.8) is 0 Å². The van der Waals surface area contributed by atoms with Gasteiger partial charge >= 0.3 is 0 Å². The largest absolute Gasteiger partial charge is 0.497 e. The van der Waals surface area contributed by atoms with Crippen LogP contribution in [0.15, 0.2) is 29.3 Å². The van der Waals surface area contributed by atoms with E-state index >= 15 is 0 Å². The van der Waals surface area contributed by atoms with Crippen molar-refractivity contribution >= 4 is 39.1 Å². The predicted octanol–water partition coefficient (Wildman–Crippen LogP) is 5.43. The maximum atomic E-state index is 12.7. The van der Waals surface area contributed by atoms with Crippen molar-refractivity contribution in [2.45, 2.75) is 49.5 Å². The third kappa shape index (κ3) is 3.44. The van der Waals surface area contributed by atoms with Gasteiger partial charge in [0.2, 0.25) is 0 Å². The molecule has 0 N–H and O–H groups in total. The summed E-state index contributed by atoms with van der Waals surface area (Å²) in [6.07, 6.45) is 7.14. The van der Waals surface area contributed by atoms with E-state index in [-0.39, 0.29) is 5.78 Å². The highest BCUT2D eigenvalue weighted by molar-refractivity contribution is 8.00. The standard InChI is InChI=1S/C22H22N2O2S2/c1-26-15-10-8-13(9-11-15)17(25)12-27-21-19-16-4-2-3-5-18(16)28-22(19)24-20(23-21)14-6-7-14/h8-11,14H,2-7,12H2,1H3. The van der Waals surface area contributed by atoms with Crippen molar-refractivity contribution in [3.05, 3.63) is 46.1 Å². The van der Waals surface area contributed by atoms with Crippen molar-refractivity contribution in [1.29, 1.82) is 0 Å². The van der Waals surface area contributed by atoms with E-state index in [2.05, 4.69) is 0 Å². The van der Waals surface area contributed by atoms with E-state index in [1.165, 1.54) is 41.5 Å². The number of ketones is 1. The highest BCUT2D eigenvalue weighted by Gasteiger charge is 2.29. The number of methoxy groups -OCH3 is 1. The fourth-order valence-corrected chi connectivity index (χ4v) is 6.05. The van der Waals surface area contributed by atoms with Crippen LogP contribution in [0.25, 0.3) is 10.2 Å². The normalized spacial score (nSPS) is 16.2. The van der Waals surface area contributed by atoms with E-state index < -0.39 is 0 Å². The van der Waals surface area contributed by atoms with Crippen molar-refractivity contribution in [2.75, 3.05) is 12.9 Å². The molecule has 6 heteroatoms. The number of thiophene rings is 1. The average Bonchev–Trinajstić information content (AvgIpc) is 3.52. The first-order valence-corrected chi connectivity index (χ1v) is 11.7. The van der Waals surface area contributed by atoms with Crippen molar-refractivity contribution < 1.29 is 9.53 Å². The van der Waals surface area contributed by atoms with Crippen LogP contribution >= 0.6 is 23.1 Å². The molecule has 0 unspecified atom stereocenters. The number of carbonyl (C=O) groups is 1. The third-order valence-electron chi connectivity index (χ3n) is 5.49. The van der Waals surface area contributed by atoms with Gasteiger partial charge in [-0.25, -0.2) is 9.97 Å². The summed E-state index contributed by atoms with van der Waals surface area (Å²) in [5, 5.41) is 2.23. The van der Waals surface area contributed by atoms with Crippen LogP contribution in [-0.4, -0.2) is 28.6 Å². The molecule has 0 aliphatic heterocycles. The van der Waals surface area contributed by atoms with E-state index in [1.807, 2.05) is 35.6 Å². The highest BCUT2D eigenvalue weighted by Crippen LogP contribution is 2.44. The number of hydrogen-bond acceptors (Lipinski definition) is 6. The monoisotopic (exact) mass is 410 g/mol. The number of thioether (sulfide) groups is 1. The van der Waals surface area contributed by atoms with Gasteiger partial charge in [0.15, 0.2) is 5.78 Å². The number of aryl methyl sites for hydroxylation is 2. The number of nitrogens with zero attached hydrogens (tertiary/aromatic N) is 2. The molecule has 0 radical (unpaired) electrons. The maximum Gasteiger partial charge on any atom is 0.173 e. The average molecular weight is 411 g/mol. The van der Waals surface area contributed by atoms with Crippen molar-refractivity contribution in [2.24, 2.45) is 0 Å². The van der Waals surface area contributed by atoms with Crippen LogP contribution in [0.3, 0.4) is 0 Å². The Balaban J connectivity index is 1.45. The number of benzene rings is 1. The molecule has 2 aliphatic rings. The number of rotatable bonds is 6. The zero-order valence-corrected chi connectivity index (χ0v) is 17.5. The predicted molar refractivity (Wildman–Crippen MR) is 114 cm³/mol. The van der Waals surface area contributed by atoms with Crippen LogP contribution < -0.4 is 4.74 Å². The molecule has 1 fully saturated rings. The Morgan fingerprint density at radius 1 is 1.18 bits per heavy atom. The second kappa shape index (κ2) is 7.48. The summed E-state index contributed by atoms with van der Waals surface area (Å²) >= 11 is 3.42. The summed E-state index contributed by atoms with van der Waals surface area (Å²) in [6.45, 7) is 0. The van der Waals surface area contributed by atoms with Gasteiger partial charge in [0.05, 0.1) is 12.9 Å². The van der Waals surface area contributed by atoms with Crippen LogP contribution in [0.2, 0.25) is 0 Å². The van der Waals surface area contributed by atoms with Crippen molar-refractivity contribution in [1.82, 2.24) is 9.97 Å². The van der Waals surface area contributed by atoms with Crippen molar-refractivity contribution in [3.8, 4) is 5.75 Å². The molecule has 0 amide bonds. The number of carbonyl (C=O) groups excluding carboxylic acids is 1. The molecule has 5 rings (SSSR count). The van der Waals surface area contributed by atoms with Crippen LogP contribution in [-0.2, 0) is 12.8 Å². The molecule has 2 aromatic heterocycles. The first kappa shape index (κ1) is 18.1. The molecule has 1 aromatic carbocycles. The second-order valence-corrected chi connectivity index (χ2v) is 9.54. The highest BCUT2D eigenvalue weighted by atomic mass is 32.2. The first-order chi connectivity index (χ1) is 13.7. The van der Waals surface area contributed by atoms with Gasteiger partial charge in [-0.15, -0.1) is 11.3 Å². The van der Waals surface area contributed by atoms with E-state index in [1.54, 1.807) is 18.9 Å². The Morgan fingerprint density at radius 2 is 1.96 bits per heavy atom. The maximum absolute atomic E-state index is 12.7. The number of fused-ring (bicyclic) bond motifs is 3. The lowest BCUT2D eigenvalue weighted by Crippen LogP contribution is -2.04. The Hall–Kier alpha value is -1.92. The van der Waals surface area contributed by atoms with E-state index in [0.717, 1.165) is 34.3 Å². The molecule has 2 heterocycles. The molecular weight excluding hydrogens is 388 g/mol. The summed E-state index contributed by atoms with van der Waals surface area (Å²) in [4.78, 5) is 25.1. The SMILES string of the molecule is COc1ccc(C(=O)CSc2nc(C3CC3)nc3sc4c(c23)CCCC4)cc1. The first-order valence-electron chi connectivity index (χ1n) is 9.85. The van der Waals surface area contributed by atoms with Gasteiger partial charge in [-0.05, 0) is 68.4 Å². The number of hydrogen-bond donors (Lipinski definition) is 0. The number of aromatic nitrogens is 2. The summed E-state index contributed by atoms with van der Waals surface area (Å²) in [5.74, 6) is 2.77. The Morgan fingerprint density at radius 3 is 2.71 bits per heavy atom. The van der Waals surface area contributed by atoms with Crippen LogP contribution in [0, 0.1) is 0 Å². The molecule has 144 valence electrons.